The van der Waals surface area contributed by atoms with Gasteiger partial charge in [0.15, 0.2) is 5.96 Å². The maximum absolute atomic E-state index is 11.1. The number of ether oxygens (including phenoxy) is 1. The highest BCUT2D eigenvalue weighted by atomic mass is 127. The average molecular weight is 551 g/mol. The van der Waals surface area contributed by atoms with Crippen LogP contribution in [0.15, 0.2) is 41.4 Å². The Bertz CT molecular complexity index is 749. The summed E-state index contributed by atoms with van der Waals surface area (Å²) in [6.07, 6.45) is 5.61. The second-order valence-corrected chi connectivity index (χ2v) is 9.34. The van der Waals surface area contributed by atoms with E-state index >= 15 is 0 Å². The lowest BCUT2D eigenvalue weighted by Crippen LogP contribution is -2.52. The van der Waals surface area contributed by atoms with Gasteiger partial charge in [-0.2, -0.15) is 0 Å². The van der Waals surface area contributed by atoms with E-state index in [1.807, 2.05) is 6.07 Å². The third-order valence-corrected chi connectivity index (χ3v) is 5.48. The number of sulfone groups is 1. The van der Waals surface area contributed by atoms with E-state index in [2.05, 4.69) is 63.5 Å². The molecule has 0 amide bonds. The first-order chi connectivity index (χ1) is 14.0. The summed E-state index contributed by atoms with van der Waals surface area (Å²) in [5.41, 5.74) is 1.23. The minimum absolute atomic E-state index is 0. The molecular weight excluding hydrogens is 515 g/mol. The van der Waals surface area contributed by atoms with Gasteiger partial charge in [0.2, 0.25) is 0 Å². The molecule has 1 aliphatic rings. The van der Waals surface area contributed by atoms with Crippen molar-refractivity contribution in [3.63, 3.8) is 0 Å². The van der Waals surface area contributed by atoms with Crippen molar-refractivity contribution < 1.29 is 13.2 Å². The normalized spacial score (nSPS) is 15.9. The summed E-state index contributed by atoms with van der Waals surface area (Å²) in [5.74, 6) is 0.955. The molecule has 1 aromatic rings. The molecule has 30 heavy (non-hydrogen) atoms. The summed E-state index contributed by atoms with van der Waals surface area (Å²) in [4.78, 5) is 9.34. The first-order valence-corrected chi connectivity index (χ1v) is 12.3. The topological polar surface area (TPSA) is 74.2 Å². The van der Waals surface area contributed by atoms with Crippen LogP contribution in [-0.4, -0.2) is 95.2 Å². The predicted molar refractivity (Wildman–Crippen MR) is 135 cm³/mol. The van der Waals surface area contributed by atoms with Crippen LogP contribution in [0, 0.1) is 0 Å². The van der Waals surface area contributed by atoms with Crippen molar-refractivity contribution in [2.45, 2.75) is 6.92 Å². The van der Waals surface area contributed by atoms with Crippen molar-refractivity contribution in [1.29, 1.82) is 0 Å². The Balaban J connectivity index is 0.00000450. The fourth-order valence-electron chi connectivity index (χ4n) is 3.00. The van der Waals surface area contributed by atoms with Gasteiger partial charge < -0.3 is 15.0 Å². The van der Waals surface area contributed by atoms with E-state index in [0.29, 0.717) is 13.2 Å². The molecule has 1 fully saturated rings. The maximum Gasteiger partial charge on any atom is 0.194 e. The Hall–Kier alpha value is -1.17. The number of hydrogen-bond acceptors (Lipinski definition) is 5. The van der Waals surface area contributed by atoms with Gasteiger partial charge >= 0.3 is 0 Å². The third kappa shape index (κ3) is 11.3. The van der Waals surface area contributed by atoms with Gasteiger partial charge in [-0.25, -0.2) is 8.42 Å². The van der Waals surface area contributed by atoms with Crippen LogP contribution in [-0.2, 0) is 14.6 Å². The molecule has 0 spiro atoms. The molecule has 1 heterocycles. The van der Waals surface area contributed by atoms with Gasteiger partial charge in [0.25, 0.3) is 0 Å². The second kappa shape index (κ2) is 14.8. The lowest BCUT2D eigenvalue weighted by atomic mass is 10.2. The molecule has 0 radical (unpaired) electrons. The number of halogens is 1. The molecule has 0 atom stereocenters. The number of piperazine rings is 1. The highest BCUT2D eigenvalue weighted by Crippen LogP contribution is 2.05. The molecule has 170 valence electrons. The van der Waals surface area contributed by atoms with Gasteiger partial charge in [0.1, 0.15) is 9.84 Å². The highest BCUT2D eigenvalue weighted by Gasteiger charge is 2.18. The van der Waals surface area contributed by atoms with E-state index in [1.54, 1.807) is 0 Å². The standard InChI is InChI=1S/C21H34N4O3S.HI/c1-3-22-21(23-11-17-28-18-19-29(2,26)27)25-15-13-24(14-16-25)12-7-10-20-8-5-4-6-9-20;/h4-10H,3,11-19H2,1-2H3,(H,22,23);1H/b10-7+;. The molecule has 1 N–H and O–H groups in total. The zero-order valence-electron chi connectivity index (χ0n) is 18.0. The monoisotopic (exact) mass is 550 g/mol. The van der Waals surface area contributed by atoms with Gasteiger partial charge in [0.05, 0.1) is 25.5 Å². The summed E-state index contributed by atoms with van der Waals surface area (Å²) < 4.78 is 27.6. The van der Waals surface area contributed by atoms with Crippen molar-refractivity contribution >= 4 is 45.8 Å². The number of hydrogen-bond donors (Lipinski definition) is 1. The first-order valence-electron chi connectivity index (χ1n) is 10.2. The van der Waals surface area contributed by atoms with Gasteiger partial charge in [-0.3, -0.25) is 9.89 Å². The number of benzene rings is 1. The van der Waals surface area contributed by atoms with Crippen LogP contribution in [0.5, 0.6) is 0 Å². The molecule has 0 saturated carbocycles. The Kier molecular flexibility index (Phi) is 13.2. The first kappa shape index (κ1) is 26.9. The van der Waals surface area contributed by atoms with Crippen LogP contribution in [0.3, 0.4) is 0 Å². The van der Waals surface area contributed by atoms with Crippen LogP contribution in [0.2, 0.25) is 0 Å². The molecule has 0 aromatic heterocycles. The minimum atomic E-state index is -2.97. The molecular formula is C21H35IN4O3S. The molecule has 2 rings (SSSR count). The molecule has 0 unspecified atom stereocenters. The Morgan fingerprint density at radius 1 is 1.17 bits per heavy atom. The molecule has 0 bridgehead atoms. The molecule has 7 nitrogen and oxygen atoms in total. The summed E-state index contributed by atoms with van der Waals surface area (Å²) in [6.45, 7) is 8.84. The van der Waals surface area contributed by atoms with E-state index in [1.165, 1.54) is 11.8 Å². The van der Waals surface area contributed by atoms with Crippen LogP contribution in [0.1, 0.15) is 12.5 Å². The van der Waals surface area contributed by atoms with Crippen molar-refractivity contribution in [3.8, 4) is 0 Å². The predicted octanol–water partition coefficient (Wildman–Crippen LogP) is 1.96. The van der Waals surface area contributed by atoms with Gasteiger partial charge in [-0.05, 0) is 12.5 Å². The molecule has 1 aromatic carbocycles. The van der Waals surface area contributed by atoms with Crippen LogP contribution in [0.25, 0.3) is 6.08 Å². The quantitative estimate of drug-likeness (QED) is 0.208. The third-order valence-electron chi connectivity index (χ3n) is 4.58. The van der Waals surface area contributed by atoms with E-state index < -0.39 is 9.84 Å². The SMILES string of the molecule is CCNC(=NCCOCCS(C)(=O)=O)N1CCN(C/C=C/c2ccccc2)CC1.I. The number of nitrogens with zero attached hydrogens (tertiary/aromatic N) is 3. The van der Waals surface area contributed by atoms with Crippen molar-refractivity contribution in [1.82, 2.24) is 15.1 Å². The van der Waals surface area contributed by atoms with Crippen molar-refractivity contribution in [2.75, 3.05) is 71.0 Å². The van der Waals surface area contributed by atoms with Crippen molar-refractivity contribution in [3.05, 3.63) is 42.0 Å². The van der Waals surface area contributed by atoms with E-state index in [9.17, 15) is 8.42 Å². The van der Waals surface area contributed by atoms with E-state index in [4.69, 9.17) is 4.74 Å². The summed E-state index contributed by atoms with van der Waals surface area (Å²) >= 11 is 0. The molecule has 1 saturated heterocycles. The number of rotatable bonds is 10. The van der Waals surface area contributed by atoms with Crippen LogP contribution >= 0.6 is 24.0 Å². The van der Waals surface area contributed by atoms with Gasteiger partial charge in [-0.15, -0.1) is 24.0 Å². The average Bonchev–Trinajstić information content (AvgIpc) is 2.70. The lowest BCUT2D eigenvalue weighted by Gasteiger charge is -2.36. The van der Waals surface area contributed by atoms with Crippen LogP contribution in [0.4, 0.5) is 0 Å². The lowest BCUT2D eigenvalue weighted by molar-refractivity contribution is 0.156. The van der Waals surface area contributed by atoms with Gasteiger partial charge in [0, 0.05) is 45.5 Å². The highest BCUT2D eigenvalue weighted by molar-refractivity contribution is 14.0. The number of aliphatic imine (C=N–C) groups is 1. The zero-order chi connectivity index (χ0) is 21.0. The Labute approximate surface area is 198 Å². The maximum atomic E-state index is 11.1. The van der Waals surface area contributed by atoms with E-state index in [0.717, 1.165) is 45.2 Å². The fraction of sp³-hybridized carbons (Fsp3) is 0.571. The number of guanidine groups is 1. The molecule has 1 aliphatic heterocycles. The van der Waals surface area contributed by atoms with E-state index in [-0.39, 0.29) is 36.3 Å². The van der Waals surface area contributed by atoms with Crippen molar-refractivity contribution in [2.24, 2.45) is 4.99 Å². The number of nitrogens with one attached hydrogen (secondary N) is 1. The zero-order valence-corrected chi connectivity index (χ0v) is 21.1. The van der Waals surface area contributed by atoms with Gasteiger partial charge in [-0.1, -0.05) is 42.5 Å². The smallest absolute Gasteiger partial charge is 0.194 e. The van der Waals surface area contributed by atoms with Crippen LogP contribution < -0.4 is 5.32 Å². The summed E-state index contributed by atoms with van der Waals surface area (Å²) in [7, 11) is -2.97. The summed E-state index contributed by atoms with van der Waals surface area (Å²) in [5, 5.41) is 3.34. The fourth-order valence-corrected chi connectivity index (χ4v) is 3.42. The minimum Gasteiger partial charge on any atom is -0.378 e. The second-order valence-electron chi connectivity index (χ2n) is 7.08. The summed E-state index contributed by atoms with van der Waals surface area (Å²) in [6, 6.07) is 10.4. The molecule has 0 aliphatic carbocycles. The largest absolute Gasteiger partial charge is 0.378 e. The Morgan fingerprint density at radius 2 is 1.87 bits per heavy atom. The molecule has 9 heteroatoms. The Morgan fingerprint density at radius 3 is 2.50 bits per heavy atom.